The standard InChI is InChI=1S/C15H21N3/c1-10(2)15(7-8-15)9-18-12-6-4-5-11(3)13(12)17-14(18)16/h4-6,10H,7-9H2,1-3H3,(H2,16,17). The molecule has 2 aromatic rings. The molecule has 0 aliphatic heterocycles. The van der Waals surface area contributed by atoms with Gasteiger partial charge >= 0.3 is 0 Å². The van der Waals surface area contributed by atoms with Crippen LogP contribution in [0.25, 0.3) is 11.0 Å². The first-order valence-electron chi connectivity index (χ1n) is 6.75. The minimum atomic E-state index is 0.450. The zero-order chi connectivity index (χ0) is 12.9. The maximum absolute atomic E-state index is 6.11. The molecular weight excluding hydrogens is 222 g/mol. The van der Waals surface area contributed by atoms with Crippen molar-refractivity contribution >= 4 is 17.0 Å². The van der Waals surface area contributed by atoms with Crippen LogP contribution in [-0.2, 0) is 6.54 Å². The average molecular weight is 243 g/mol. The fourth-order valence-corrected chi connectivity index (χ4v) is 2.86. The number of para-hydroxylation sites is 1. The van der Waals surface area contributed by atoms with Crippen molar-refractivity contribution in [3.8, 4) is 0 Å². The van der Waals surface area contributed by atoms with E-state index in [0.29, 0.717) is 17.3 Å². The Morgan fingerprint density at radius 3 is 2.72 bits per heavy atom. The van der Waals surface area contributed by atoms with E-state index in [4.69, 9.17) is 5.73 Å². The van der Waals surface area contributed by atoms with Gasteiger partial charge in [-0.25, -0.2) is 4.98 Å². The van der Waals surface area contributed by atoms with Crippen molar-refractivity contribution in [3.63, 3.8) is 0 Å². The summed E-state index contributed by atoms with van der Waals surface area (Å²) >= 11 is 0. The van der Waals surface area contributed by atoms with Gasteiger partial charge in [-0.15, -0.1) is 0 Å². The lowest BCUT2D eigenvalue weighted by Gasteiger charge is -2.21. The first-order valence-corrected chi connectivity index (χ1v) is 6.75. The molecule has 1 heterocycles. The largest absolute Gasteiger partial charge is 0.369 e. The zero-order valence-electron chi connectivity index (χ0n) is 11.4. The van der Waals surface area contributed by atoms with Crippen LogP contribution in [0.15, 0.2) is 18.2 Å². The van der Waals surface area contributed by atoms with E-state index in [-0.39, 0.29) is 0 Å². The van der Waals surface area contributed by atoms with E-state index in [1.807, 2.05) is 0 Å². The molecule has 0 atom stereocenters. The molecule has 0 amide bonds. The summed E-state index contributed by atoms with van der Waals surface area (Å²) in [6.07, 6.45) is 2.63. The lowest BCUT2D eigenvalue weighted by Crippen LogP contribution is -2.18. The normalized spacial score (nSPS) is 17.6. The SMILES string of the molecule is Cc1cccc2c1nc(N)n2CC1(C(C)C)CC1. The summed E-state index contributed by atoms with van der Waals surface area (Å²) in [5, 5.41) is 0. The summed E-state index contributed by atoms with van der Waals surface area (Å²) in [6, 6.07) is 6.31. The molecule has 0 saturated heterocycles. The van der Waals surface area contributed by atoms with Crippen LogP contribution in [0.3, 0.4) is 0 Å². The summed E-state index contributed by atoms with van der Waals surface area (Å²) in [7, 11) is 0. The van der Waals surface area contributed by atoms with Gasteiger partial charge in [-0.2, -0.15) is 0 Å². The first kappa shape index (κ1) is 11.6. The molecule has 18 heavy (non-hydrogen) atoms. The Morgan fingerprint density at radius 2 is 2.11 bits per heavy atom. The summed E-state index contributed by atoms with van der Waals surface area (Å²) in [4.78, 5) is 4.52. The highest BCUT2D eigenvalue weighted by Gasteiger charge is 2.45. The monoisotopic (exact) mass is 243 g/mol. The molecule has 3 nitrogen and oxygen atoms in total. The molecule has 1 saturated carbocycles. The predicted molar refractivity (Wildman–Crippen MR) is 75.4 cm³/mol. The van der Waals surface area contributed by atoms with E-state index in [1.165, 1.54) is 23.9 Å². The van der Waals surface area contributed by atoms with Crippen molar-refractivity contribution < 1.29 is 0 Å². The van der Waals surface area contributed by atoms with Crippen molar-refractivity contribution in [2.75, 3.05) is 5.73 Å². The van der Waals surface area contributed by atoms with Gasteiger partial charge in [0.05, 0.1) is 11.0 Å². The Balaban J connectivity index is 2.07. The zero-order valence-corrected chi connectivity index (χ0v) is 11.4. The topological polar surface area (TPSA) is 43.8 Å². The van der Waals surface area contributed by atoms with Gasteiger partial charge in [0.25, 0.3) is 0 Å². The molecule has 0 unspecified atom stereocenters. The minimum absolute atomic E-state index is 0.450. The van der Waals surface area contributed by atoms with Gasteiger partial charge in [-0.3, -0.25) is 0 Å². The Morgan fingerprint density at radius 1 is 1.39 bits per heavy atom. The van der Waals surface area contributed by atoms with Crippen LogP contribution in [0, 0.1) is 18.3 Å². The Hall–Kier alpha value is -1.51. The summed E-state index contributed by atoms with van der Waals surface area (Å²) in [5.74, 6) is 1.37. The molecule has 0 spiro atoms. The number of benzene rings is 1. The van der Waals surface area contributed by atoms with Gasteiger partial charge in [0.2, 0.25) is 5.95 Å². The van der Waals surface area contributed by atoms with Gasteiger partial charge in [0, 0.05) is 6.54 Å². The number of aromatic nitrogens is 2. The maximum Gasteiger partial charge on any atom is 0.201 e. The third-order valence-corrected chi connectivity index (χ3v) is 4.60. The molecule has 2 N–H and O–H groups in total. The highest BCUT2D eigenvalue weighted by molar-refractivity contribution is 5.81. The second-order valence-corrected chi connectivity index (χ2v) is 6.02. The second kappa shape index (κ2) is 3.74. The van der Waals surface area contributed by atoms with Crippen LogP contribution in [0.2, 0.25) is 0 Å². The number of rotatable bonds is 3. The smallest absolute Gasteiger partial charge is 0.201 e. The maximum atomic E-state index is 6.11. The fraction of sp³-hybridized carbons (Fsp3) is 0.533. The highest BCUT2D eigenvalue weighted by Crippen LogP contribution is 2.53. The number of fused-ring (bicyclic) bond motifs is 1. The molecule has 1 aromatic carbocycles. The third-order valence-electron chi connectivity index (χ3n) is 4.60. The van der Waals surface area contributed by atoms with Crippen molar-refractivity contribution in [2.45, 2.75) is 40.2 Å². The van der Waals surface area contributed by atoms with Gasteiger partial charge in [-0.05, 0) is 42.7 Å². The van der Waals surface area contributed by atoms with E-state index < -0.39 is 0 Å². The summed E-state index contributed by atoms with van der Waals surface area (Å²) < 4.78 is 2.20. The number of anilines is 1. The Bertz CT molecular complexity index is 591. The molecule has 1 fully saturated rings. The van der Waals surface area contributed by atoms with Crippen LogP contribution in [0.1, 0.15) is 32.3 Å². The van der Waals surface area contributed by atoms with E-state index in [0.717, 1.165) is 12.1 Å². The van der Waals surface area contributed by atoms with Crippen LogP contribution < -0.4 is 5.73 Å². The third kappa shape index (κ3) is 1.61. The van der Waals surface area contributed by atoms with Crippen LogP contribution in [-0.4, -0.2) is 9.55 Å². The van der Waals surface area contributed by atoms with Crippen LogP contribution in [0.5, 0.6) is 0 Å². The van der Waals surface area contributed by atoms with E-state index in [9.17, 15) is 0 Å². The Labute approximate surface area is 108 Å². The first-order chi connectivity index (χ1) is 8.53. The van der Waals surface area contributed by atoms with Crippen molar-refractivity contribution in [1.29, 1.82) is 0 Å². The van der Waals surface area contributed by atoms with Gasteiger partial charge in [-0.1, -0.05) is 26.0 Å². The van der Waals surface area contributed by atoms with Gasteiger partial charge < -0.3 is 10.3 Å². The van der Waals surface area contributed by atoms with Gasteiger partial charge in [0.15, 0.2) is 0 Å². The number of nitrogens with zero attached hydrogens (tertiary/aromatic N) is 2. The van der Waals surface area contributed by atoms with E-state index in [2.05, 4.69) is 48.5 Å². The highest BCUT2D eigenvalue weighted by atomic mass is 15.2. The van der Waals surface area contributed by atoms with Crippen molar-refractivity contribution in [3.05, 3.63) is 23.8 Å². The van der Waals surface area contributed by atoms with E-state index in [1.54, 1.807) is 0 Å². The number of hydrogen-bond acceptors (Lipinski definition) is 2. The molecule has 1 aliphatic carbocycles. The minimum Gasteiger partial charge on any atom is -0.369 e. The fourth-order valence-electron chi connectivity index (χ4n) is 2.86. The molecule has 3 heteroatoms. The summed E-state index contributed by atoms with van der Waals surface area (Å²) in [5.41, 5.74) is 9.99. The van der Waals surface area contributed by atoms with Crippen molar-refractivity contribution in [2.24, 2.45) is 11.3 Å². The van der Waals surface area contributed by atoms with Crippen molar-refractivity contribution in [1.82, 2.24) is 9.55 Å². The number of hydrogen-bond donors (Lipinski definition) is 1. The van der Waals surface area contributed by atoms with E-state index >= 15 is 0 Å². The summed E-state index contributed by atoms with van der Waals surface area (Å²) in [6.45, 7) is 7.73. The number of nitrogen functional groups attached to an aromatic ring is 1. The van der Waals surface area contributed by atoms with Crippen LogP contribution >= 0.6 is 0 Å². The molecule has 1 aliphatic rings. The number of nitrogens with two attached hydrogens (primary N) is 1. The molecule has 0 radical (unpaired) electrons. The lowest BCUT2D eigenvalue weighted by atomic mass is 9.92. The predicted octanol–water partition coefficient (Wildman–Crippen LogP) is 3.36. The Kier molecular flexibility index (Phi) is 2.40. The second-order valence-electron chi connectivity index (χ2n) is 6.02. The number of imidazole rings is 1. The molecular formula is C15H21N3. The van der Waals surface area contributed by atoms with Gasteiger partial charge in [0.1, 0.15) is 0 Å². The quantitative estimate of drug-likeness (QED) is 0.898. The number of aryl methyl sites for hydroxylation is 1. The molecule has 3 rings (SSSR count). The lowest BCUT2D eigenvalue weighted by molar-refractivity contribution is 0.314. The van der Waals surface area contributed by atoms with Crippen LogP contribution in [0.4, 0.5) is 5.95 Å². The molecule has 1 aromatic heterocycles. The molecule has 96 valence electrons. The molecule has 0 bridgehead atoms. The average Bonchev–Trinajstić information content (AvgIpc) is 3.03.